The van der Waals surface area contributed by atoms with Crippen LogP contribution in [0.15, 0.2) is 48.5 Å². The first kappa shape index (κ1) is 17.0. The summed E-state index contributed by atoms with van der Waals surface area (Å²) in [6, 6.07) is 15.1. The molecule has 0 aliphatic carbocycles. The number of fused-ring (bicyclic) bond motifs is 1. The third-order valence-electron chi connectivity index (χ3n) is 4.31. The van der Waals surface area contributed by atoms with Gasteiger partial charge in [0.1, 0.15) is 5.75 Å². The molecule has 130 valence electrons. The van der Waals surface area contributed by atoms with Crippen molar-refractivity contribution in [1.29, 1.82) is 0 Å². The predicted octanol–water partition coefficient (Wildman–Crippen LogP) is 2.40. The second kappa shape index (κ2) is 7.83. The van der Waals surface area contributed by atoms with E-state index in [1.165, 1.54) is 11.1 Å². The highest BCUT2D eigenvalue weighted by Gasteiger charge is 2.20. The van der Waals surface area contributed by atoms with Crippen molar-refractivity contribution in [2.24, 2.45) is 0 Å². The van der Waals surface area contributed by atoms with Gasteiger partial charge in [-0.15, -0.1) is 0 Å². The Bertz CT molecular complexity index is 756. The number of nitrogens with one attached hydrogen (secondary N) is 1. The van der Waals surface area contributed by atoms with E-state index in [1.807, 2.05) is 25.1 Å². The zero-order chi connectivity index (χ0) is 17.6. The van der Waals surface area contributed by atoms with E-state index in [0.717, 1.165) is 12.2 Å². The number of hydrogen-bond acceptors (Lipinski definition) is 3. The Morgan fingerprint density at radius 2 is 1.80 bits per heavy atom. The molecule has 5 heteroatoms. The van der Waals surface area contributed by atoms with Crippen LogP contribution in [0, 0.1) is 0 Å². The van der Waals surface area contributed by atoms with Gasteiger partial charge in [-0.1, -0.05) is 24.3 Å². The topological polar surface area (TPSA) is 58.6 Å². The van der Waals surface area contributed by atoms with Gasteiger partial charge in [-0.25, -0.2) is 0 Å². The van der Waals surface area contributed by atoms with Crippen LogP contribution in [0.1, 0.15) is 28.4 Å². The molecule has 2 amide bonds. The monoisotopic (exact) mass is 338 g/mol. The van der Waals surface area contributed by atoms with Gasteiger partial charge in [0.05, 0.1) is 13.2 Å². The maximum atomic E-state index is 12.4. The summed E-state index contributed by atoms with van der Waals surface area (Å²) < 4.78 is 5.35. The molecule has 5 nitrogen and oxygen atoms in total. The van der Waals surface area contributed by atoms with Crippen LogP contribution in [0.3, 0.4) is 0 Å². The summed E-state index contributed by atoms with van der Waals surface area (Å²) in [7, 11) is 0. The van der Waals surface area contributed by atoms with Crippen LogP contribution in [0.2, 0.25) is 0 Å². The number of carbonyl (C=O) groups is 2. The number of hydrogen-bond donors (Lipinski definition) is 1. The molecule has 0 radical (unpaired) electrons. The van der Waals surface area contributed by atoms with Gasteiger partial charge in [0.15, 0.2) is 0 Å². The minimum Gasteiger partial charge on any atom is -0.494 e. The van der Waals surface area contributed by atoms with Crippen molar-refractivity contribution in [1.82, 2.24) is 10.2 Å². The molecule has 0 aromatic heterocycles. The Balaban J connectivity index is 1.53. The van der Waals surface area contributed by atoms with Crippen LogP contribution in [-0.4, -0.2) is 36.4 Å². The molecule has 0 saturated heterocycles. The van der Waals surface area contributed by atoms with Gasteiger partial charge in [0, 0.05) is 18.7 Å². The Morgan fingerprint density at radius 3 is 2.52 bits per heavy atom. The van der Waals surface area contributed by atoms with E-state index in [0.29, 0.717) is 25.3 Å². The van der Waals surface area contributed by atoms with Crippen LogP contribution in [0.4, 0.5) is 0 Å². The zero-order valence-electron chi connectivity index (χ0n) is 14.3. The van der Waals surface area contributed by atoms with Gasteiger partial charge < -0.3 is 15.0 Å². The molecule has 0 unspecified atom stereocenters. The lowest BCUT2D eigenvalue weighted by Gasteiger charge is -2.29. The molecule has 0 atom stereocenters. The summed E-state index contributed by atoms with van der Waals surface area (Å²) in [5.41, 5.74) is 2.99. The Morgan fingerprint density at radius 1 is 1.08 bits per heavy atom. The lowest BCUT2D eigenvalue weighted by atomic mass is 10.00. The van der Waals surface area contributed by atoms with Crippen LogP contribution < -0.4 is 10.1 Å². The molecule has 0 fully saturated rings. The standard InChI is InChI=1S/C20H22N2O3/c1-2-25-18-9-7-16(8-10-18)20(24)21-13-19(23)22-12-11-15-5-3-4-6-17(15)14-22/h3-10H,2,11-14H2,1H3,(H,21,24). The quantitative estimate of drug-likeness (QED) is 0.911. The minimum atomic E-state index is -0.256. The van der Waals surface area contributed by atoms with E-state index in [4.69, 9.17) is 4.74 Å². The van der Waals surface area contributed by atoms with Gasteiger partial charge in [0.2, 0.25) is 5.91 Å². The maximum absolute atomic E-state index is 12.4. The SMILES string of the molecule is CCOc1ccc(C(=O)NCC(=O)N2CCc3ccccc3C2)cc1. The van der Waals surface area contributed by atoms with E-state index in [-0.39, 0.29) is 18.4 Å². The number of rotatable bonds is 5. The summed E-state index contributed by atoms with van der Waals surface area (Å²) >= 11 is 0. The summed E-state index contributed by atoms with van der Waals surface area (Å²) in [5.74, 6) is 0.407. The van der Waals surface area contributed by atoms with Crippen molar-refractivity contribution in [3.63, 3.8) is 0 Å². The van der Waals surface area contributed by atoms with Crippen molar-refractivity contribution in [2.45, 2.75) is 19.9 Å². The molecular weight excluding hydrogens is 316 g/mol. The Kier molecular flexibility index (Phi) is 5.33. The van der Waals surface area contributed by atoms with Gasteiger partial charge in [-0.2, -0.15) is 0 Å². The molecule has 0 saturated carbocycles. The number of benzene rings is 2. The molecular formula is C20H22N2O3. The molecule has 3 rings (SSSR count). The normalized spacial score (nSPS) is 13.1. The van der Waals surface area contributed by atoms with Gasteiger partial charge in [-0.3, -0.25) is 9.59 Å². The van der Waals surface area contributed by atoms with Gasteiger partial charge in [0.25, 0.3) is 5.91 Å². The summed E-state index contributed by atoms with van der Waals surface area (Å²) in [4.78, 5) is 26.3. The Labute approximate surface area is 147 Å². The first-order valence-electron chi connectivity index (χ1n) is 8.53. The molecule has 1 aliphatic heterocycles. The lowest BCUT2D eigenvalue weighted by Crippen LogP contribution is -2.42. The first-order chi connectivity index (χ1) is 12.2. The molecule has 25 heavy (non-hydrogen) atoms. The van der Waals surface area contributed by atoms with E-state index < -0.39 is 0 Å². The second-order valence-corrected chi connectivity index (χ2v) is 5.97. The number of amides is 2. The highest BCUT2D eigenvalue weighted by atomic mass is 16.5. The lowest BCUT2D eigenvalue weighted by molar-refractivity contribution is -0.131. The highest BCUT2D eigenvalue weighted by molar-refractivity contribution is 5.96. The fraction of sp³-hybridized carbons (Fsp3) is 0.300. The molecule has 0 bridgehead atoms. The van der Waals surface area contributed by atoms with Gasteiger partial charge >= 0.3 is 0 Å². The van der Waals surface area contributed by atoms with Crippen LogP contribution in [-0.2, 0) is 17.8 Å². The van der Waals surface area contributed by atoms with E-state index in [9.17, 15) is 9.59 Å². The Hall–Kier alpha value is -2.82. The first-order valence-corrected chi connectivity index (χ1v) is 8.53. The van der Waals surface area contributed by atoms with E-state index in [2.05, 4.69) is 11.4 Å². The number of carbonyl (C=O) groups excluding carboxylic acids is 2. The minimum absolute atomic E-state index is 0.00815. The zero-order valence-corrected chi connectivity index (χ0v) is 14.3. The smallest absolute Gasteiger partial charge is 0.251 e. The van der Waals surface area contributed by atoms with E-state index in [1.54, 1.807) is 29.2 Å². The average molecular weight is 338 g/mol. The fourth-order valence-corrected chi connectivity index (χ4v) is 2.95. The van der Waals surface area contributed by atoms with Crippen molar-refractivity contribution in [2.75, 3.05) is 19.7 Å². The van der Waals surface area contributed by atoms with Crippen LogP contribution in [0.25, 0.3) is 0 Å². The van der Waals surface area contributed by atoms with Crippen molar-refractivity contribution >= 4 is 11.8 Å². The second-order valence-electron chi connectivity index (χ2n) is 5.97. The van der Waals surface area contributed by atoms with Crippen LogP contribution >= 0.6 is 0 Å². The summed E-state index contributed by atoms with van der Waals surface area (Å²) in [6.07, 6.45) is 0.856. The highest BCUT2D eigenvalue weighted by Crippen LogP contribution is 2.18. The average Bonchev–Trinajstić information content (AvgIpc) is 2.66. The summed E-state index contributed by atoms with van der Waals surface area (Å²) in [6.45, 7) is 3.79. The molecule has 1 aliphatic rings. The van der Waals surface area contributed by atoms with Crippen molar-refractivity contribution in [3.8, 4) is 5.75 Å². The maximum Gasteiger partial charge on any atom is 0.251 e. The van der Waals surface area contributed by atoms with Crippen LogP contribution in [0.5, 0.6) is 5.75 Å². The molecule has 1 N–H and O–H groups in total. The molecule has 0 spiro atoms. The van der Waals surface area contributed by atoms with Crippen molar-refractivity contribution in [3.05, 3.63) is 65.2 Å². The summed E-state index contributed by atoms with van der Waals surface area (Å²) in [5, 5.41) is 2.70. The predicted molar refractivity (Wildman–Crippen MR) is 95.5 cm³/mol. The number of ether oxygens (including phenoxy) is 1. The van der Waals surface area contributed by atoms with Gasteiger partial charge in [-0.05, 0) is 48.7 Å². The largest absolute Gasteiger partial charge is 0.494 e. The van der Waals surface area contributed by atoms with Crippen molar-refractivity contribution < 1.29 is 14.3 Å². The molecule has 1 heterocycles. The molecule has 2 aromatic rings. The molecule has 2 aromatic carbocycles. The number of nitrogens with zero attached hydrogens (tertiary/aromatic N) is 1. The third-order valence-corrected chi connectivity index (χ3v) is 4.31. The third kappa shape index (κ3) is 4.18. The fourth-order valence-electron chi connectivity index (χ4n) is 2.95. The van der Waals surface area contributed by atoms with E-state index >= 15 is 0 Å².